The first kappa shape index (κ1) is 28.2. The zero-order valence-corrected chi connectivity index (χ0v) is 23.2. The molecule has 6 heteroatoms. The minimum atomic E-state index is -2.22. The standard InChI is InChI=1S/C28H43NO4Si/c1-22(2)26(21-32-20-23-15-11-9-12-16-23)29(33-34(7,8)28(3,4)5)25(19-27(30)31-6)24-17-13-10-14-18-24/h9-18,22,25-26H,19-21H2,1-8H3/t25?,26-/m1/s1. The molecule has 5 nitrogen and oxygen atoms in total. The van der Waals surface area contributed by atoms with Crippen molar-refractivity contribution in [3.63, 3.8) is 0 Å². The summed E-state index contributed by atoms with van der Waals surface area (Å²) in [4.78, 5) is 12.5. The summed E-state index contributed by atoms with van der Waals surface area (Å²) in [5.41, 5.74) is 2.16. The molecule has 34 heavy (non-hydrogen) atoms. The lowest BCUT2D eigenvalue weighted by molar-refractivity contribution is -0.180. The first-order chi connectivity index (χ1) is 16.0. The van der Waals surface area contributed by atoms with Gasteiger partial charge in [-0.25, -0.2) is 0 Å². The summed E-state index contributed by atoms with van der Waals surface area (Å²) in [6, 6.07) is 19.9. The Kier molecular flexibility index (Phi) is 10.5. The molecule has 0 saturated heterocycles. The van der Waals surface area contributed by atoms with Crippen LogP contribution in [0.15, 0.2) is 60.7 Å². The Bertz CT molecular complexity index is 865. The summed E-state index contributed by atoms with van der Waals surface area (Å²) in [6.07, 6.45) is 0.205. The summed E-state index contributed by atoms with van der Waals surface area (Å²) in [7, 11) is -0.782. The Labute approximate surface area is 207 Å². The van der Waals surface area contributed by atoms with E-state index >= 15 is 0 Å². The molecular formula is C28H43NO4Si. The van der Waals surface area contributed by atoms with E-state index in [0.29, 0.717) is 13.2 Å². The van der Waals surface area contributed by atoms with Crippen LogP contribution in [0, 0.1) is 5.92 Å². The number of carbonyl (C=O) groups excluding carboxylic acids is 1. The third kappa shape index (κ3) is 8.05. The fourth-order valence-corrected chi connectivity index (χ4v) is 4.53. The average Bonchev–Trinajstić information content (AvgIpc) is 2.79. The first-order valence-electron chi connectivity index (χ1n) is 12.2. The number of esters is 1. The fourth-order valence-electron chi connectivity index (χ4n) is 3.47. The maximum absolute atomic E-state index is 12.5. The molecule has 188 valence electrons. The van der Waals surface area contributed by atoms with Crippen LogP contribution >= 0.6 is 0 Å². The van der Waals surface area contributed by atoms with Gasteiger partial charge in [0.2, 0.25) is 8.32 Å². The van der Waals surface area contributed by atoms with Crippen LogP contribution in [0.4, 0.5) is 0 Å². The van der Waals surface area contributed by atoms with E-state index < -0.39 is 8.32 Å². The van der Waals surface area contributed by atoms with Gasteiger partial charge in [-0.05, 0) is 35.2 Å². The number of benzene rings is 2. The second-order valence-electron chi connectivity index (χ2n) is 10.7. The van der Waals surface area contributed by atoms with Gasteiger partial charge in [0.15, 0.2) is 0 Å². The highest BCUT2D eigenvalue weighted by Gasteiger charge is 2.43. The number of ether oxygens (including phenoxy) is 2. The van der Waals surface area contributed by atoms with Crippen molar-refractivity contribution >= 4 is 14.3 Å². The van der Waals surface area contributed by atoms with Crippen LogP contribution in [0.1, 0.15) is 58.2 Å². The number of carbonyl (C=O) groups is 1. The van der Waals surface area contributed by atoms with Gasteiger partial charge >= 0.3 is 5.97 Å². The molecule has 0 fully saturated rings. The Balaban J connectivity index is 2.43. The monoisotopic (exact) mass is 485 g/mol. The SMILES string of the molecule is COC(=O)CC(c1ccccc1)N(O[Si](C)(C)C(C)(C)C)[C@H](COCc1ccccc1)C(C)C. The van der Waals surface area contributed by atoms with E-state index in [1.807, 2.05) is 36.4 Å². The number of hydroxylamine groups is 2. The number of hydrogen-bond donors (Lipinski definition) is 0. The van der Waals surface area contributed by atoms with E-state index in [4.69, 9.17) is 14.0 Å². The number of nitrogens with zero attached hydrogens (tertiary/aromatic N) is 1. The van der Waals surface area contributed by atoms with Gasteiger partial charge in [0.25, 0.3) is 0 Å². The maximum atomic E-state index is 12.5. The minimum Gasteiger partial charge on any atom is -0.469 e. The lowest BCUT2D eigenvalue weighted by atomic mass is 9.98. The van der Waals surface area contributed by atoms with Gasteiger partial charge in [0.05, 0.1) is 38.8 Å². The van der Waals surface area contributed by atoms with Crippen molar-refractivity contribution in [2.75, 3.05) is 13.7 Å². The molecule has 0 spiro atoms. The average molecular weight is 486 g/mol. The van der Waals surface area contributed by atoms with Crippen LogP contribution in [0.2, 0.25) is 18.1 Å². The zero-order valence-electron chi connectivity index (χ0n) is 22.2. The fraction of sp³-hybridized carbons (Fsp3) is 0.536. The van der Waals surface area contributed by atoms with E-state index in [1.54, 1.807) is 0 Å². The topological polar surface area (TPSA) is 48.0 Å². The van der Waals surface area contributed by atoms with Gasteiger partial charge in [-0.15, -0.1) is 0 Å². The molecule has 0 aromatic heterocycles. The molecule has 0 bridgehead atoms. The van der Waals surface area contributed by atoms with Crippen molar-refractivity contribution in [3.8, 4) is 0 Å². The molecule has 0 saturated carbocycles. The van der Waals surface area contributed by atoms with Gasteiger partial charge in [-0.2, -0.15) is 5.06 Å². The molecule has 2 rings (SSSR count). The van der Waals surface area contributed by atoms with Crippen molar-refractivity contribution in [2.24, 2.45) is 5.92 Å². The van der Waals surface area contributed by atoms with Crippen LogP contribution in [0.3, 0.4) is 0 Å². The lowest BCUT2D eigenvalue weighted by Gasteiger charge is -2.46. The predicted octanol–water partition coefficient (Wildman–Crippen LogP) is 6.77. The molecule has 0 aliphatic carbocycles. The Hall–Kier alpha value is -1.99. The van der Waals surface area contributed by atoms with E-state index in [1.165, 1.54) is 7.11 Å². The van der Waals surface area contributed by atoms with E-state index in [9.17, 15) is 4.79 Å². The van der Waals surface area contributed by atoms with Crippen molar-refractivity contribution in [3.05, 3.63) is 71.8 Å². The van der Waals surface area contributed by atoms with Crippen molar-refractivity contribution in [1.82, 2.24) is 5.06 Å². The number of methoxy groups -OCH3 is 1. The zero-order chi connectivity index (χ0) is 25.4. The first-order valence-corrected chi connectivity index (χ1v) is 15.1. The Morgan fingerprint density at radius 3 is 2.03 bits per heavy atom. The van der Waals surface area contributed by atoms with E-state index in [2.05, 4.69) is 77.0 Å². The van der Waals surface area contributed by atoms with Crippen LogP contribution < -0.4 is 0 Å². The highest BCUT2D eigenvalue weighted by Crippen LogP contribution is 2.40. The van der Waals surface area contributed by atoms with Crippen LogP contribution in [0.5, 0.6) is 0 Å². The number of hydrogen-bond acceptors (Lipinski definition) is 5. The van der Waals surface area contributed by atoms with Gasteiger partial charge < -0.3 is 14.0 Å². The van der Waals surface area contributed by atoms with Gasteiger partial charge in [0.1, 0.15) is 0 Å². The lowest BCUT2D eigenvalue weighted by Crippen LogP contribution is -2.53. The second kappa shape index (κ2) is 12.6. The van der Waals surface area contributed by atoms with Crippen molar-refractivity contribution in [2.45, 2.75) is 77.9 Å². The largest absolute Gasteiger partial charge is 0.469 e. The highest BCUT2D eigenvalue weighted by molar-refractivity contribution is 6.74. The summed E-state index contributed by atoms with van der Waals surface area (Å²) in [6.45, 7) is 16.5. The molecule has 0 N–H and O–H groups in total. The maximum Gasteiger partial charge on any atom is 0.307 e. The van der Waals surface area contributed by atoms with Crippen LogP contribution in [0.25, 0.3) is 0 Å². The molecule has 0 radical (unpaired) electrons. The predicted molar refractivity (Wildman–Crippen MR) is 141 cm³/mol. The summed E-state index contributed by atoms with van der Waals surface area (Å²) < 4.78 is 18.3. The van der Waals surface area contributed by atoms with E-state index in [-0.39, 0.29) is 35.4 Å². The molecule has 2 aromatic rings. The third-order valence-corrected chi connectivity index (χ3v) is 11.0. The molecule has 2 atom stereocenters. The Morgan fingerprint density at radius 1 is 0.971 bits per heavy atom. The number of rotatable bonds is 12. The quantitative estimate of drug-likeness (QED) is 0.189. The normalized spacial score (nSPS) is 14.3. The smallest absolute Gasteiger partial charge is 0.307 e. The molecule has 0 aliphatic heterocycles. The van der Waals surface area contributed by atoms with Crippen molar-refractivity contribution < 1.29 is 18.8 Å². The van der Waals surface area contributed by atoms with Gasteiger partial charge in [0, 0.05) is 0 Å². The molecule has 0 amide bonds. The Morgan fingerprint density at radius 2 is 1.53 bits per heavy atom. The van der Waals surface area contributed by atoms with Gasteiger partial charge in [-0.1, -0.05) is 95.3 Å². The molecule has 1 unspecified atom stereocenters. The van der Waals surface area contributed by atoms with Gasteiger partial charge in [-0.3, -0.25) is 4.79 Å². The minimum absolute atomic E-state index is 0.00415. The molecular weight excluding hydrogens is 442 g/mol. The van der Waals surface area contributed by atoms with Crippen LogP contribution in [-0.4, -0.2) is 39.1 Å². The molecule has 2 aromatic carbocycles. The highest BCUT2D eigenvalue weighted by atomic mass is 28.4. The summed E-state index contributed by atoms with van der Waals surface area (Å²) in [5.74, 6) is -0.0187. The molecule has 0 aliphatic rings. The summed E-state index contributed by atoms with van der Waals surface area (Å²) >= 11 is 0. The third-order valence-electron chi connectivity index (χ3n) is 6.72. The second-order valence-corrected chi connectivity index (χ2v) is 15.4. The summed E-state index contributed by atoms with van der Waals surface area (Å²) in [5, 5.41) is 2.07. The van der Waals surface area contributed by atoms with Crippen LogP contribution in [-0.2, 0) is 25.4 Å². The van der Waals surface area contributed by atoms with E-state index in [0.717, 1.165) is 11.1 Å². The van der Waals surface area contributed by atoms with Crippen molar-refractivity contribution in [1.29, 1.82) is 0 Å². The molecule has 0 heterocycles.